The molecule has 0 atom stereocenters. The van der Waals surface area contributed by atoms with E-state index in [2.05, 4.69) is 4.98 Å². The lowest BCUT2D eigenvalue weighted by Crippen LogP contribution is -2.11. The molecule has 0 aliphatic carbocycles. The van der Waals surface area contributed by atoms with Gasteiger partial charge in [-0.15, -0.1) is 0 Å². The minimum atomic E-state index is -0.569. The third kappa shape index (κ3) is 5.24. The molecule has 1 aromatic heterocycles. The fourth-order valence-corrected chi connectivity index (χ4v) is 3.46. The number of halogens is 1. The van der Waals surface area contributed by atoms with Crippen LogP contribution in [-0.2, 0) is 4.74 Å². The molecule has 0 amide bonds. The van der Waals surface area contributed by atoms with Gasteiger partial charge in [0.15, 0.2) is 0 Å². The van der Waals surface area contributed by atoms with Gasteiger partial charge in [-0.2, -0.15) is 0 Å². The zero-order valence-electron chi connectivity index (χ0n) is 18.6. The zero-order chi connectivity index (χ0) is 24.1. The van der Waals surface area contributed by atoms with Crippen molar-refractivity contribution in [1.82, 2.24) is 4.98 Å². The lowest BCUT2D eigenvalue weighted by Gasteiger charge is -2.19. The van der Waals surface area contributed by atoms with E-state index in [1.165, 1.54) is 19.2 Å². The molecule has 0 fully saturated rings. The Kier molecular flexibility index (Phi) is 6.90. The number of hydrogen-bond acceptors (Lipinski definition) is 6. The molecule has 4 aromatic rings. The van der Waals surface area contributed by atoms with Crippen molar-refractivity contribution >= 4 is 34.7 Å². The highest BCUT2D eigenvalue weighted by molar-refractivity contribution is 6.30. The van der Waals surface area contributed by atoms with Crippen molar-refractivity contribution in [2.75, 3.05) is 19.1 Å². The maximum atomic E-state index is 13.2. The molecule has 0 unspecified atom stereocenters. The summed E-state index contributed by atoms with van der Waals surface area (Å²) >= 11 is 5.97. The van der Waals surface area contributed by atoms with Crippen molar-refractivity contribution in [1.29, 1.82) is 0 Å². The number of esters is 1. The Morgan fingerprint density at radius 3 is 2.15 bits per heavy atom. The first-order valence-electron chi connectivity index (χ1n) is 10.4. The predicted octanol–water partition coefficient (Wildman–Crippen LogP) is 6.31. The number of rotatable bonds is 7. The number of ether oxygens (including phenoxy) is 2. The minimum absolute atomic E-state index is 0.207. The van der Waals surface area contributed by atoms with Crippen LogP contribution in [0, 0.1) is 0 Å². The number of carbonyl (C=O) groups is 2. The Morgan fingerprint density at radius 1 is 0.824 bits per heavy atom. The van der Waals surface area contributed by atoms with E-state index >= 15 is 0 Å². The normalized spacial score (nSPS) is 10.4. The number of aromatic nitrogens is 1. The summed E-state index contributed by atoms with van der Waals surface area (Å²) in [6.45, 7) is 0. The fraction of sp³-hybridized carbons (Fsp3) is 0.0741. The molecule has 170 valence electrons. The summed E-state index contributed by atoms with van der Waals surface area (Å²) in [5.41, 5.74) is 2.44. The standard InChI is InChI=1S/C27H21ClN2O4/c1-30(21-10-8-20(28)9-11-21)22-12-13-25(29-17-22)26(31)18-14-19(27(32)33-2)16-24(15-18)34-23-6-4-3-5-7-23/h3-17H,1-2H3. The number of benzene rings is 3. The summed E-state index contributed by atoms with van der Waals surface area (Å²) in [6, 6.07) is 24.5. The Morgan fingerprint density at radius 2 is 1.50 bits per heavy atom. The van der Waals surface area contributed by atoms with Crippen molar-refractivity contribution in [3.8, 4) is 11.5 Å². The quantitative estimate of drug-likeness (QED) is 0.232. The minimum Gasteiger partial charge on any atom is -0.465 e. The summed E-state index contributed by atoms with van der Waals surface area (Å²) in [5, 5.41) is 0.654. The van der Waals surface area contributed by atoms with Gasteiger partial charge in [0, 0.05) is 23.3 Å². The van der Waals surface area contributed by atoms with E-state index < -0.39 is 5.97 Å². The topological polar surface area (TPSA) is 68.7 Å². The first-order chi connectivity index (χ1) is 16.4. The van der Waals surface area contributed by atoms with Gasteiger partial charge in [-0.3, -0.25) is 9.78 Å². The van der Waals surface area contributed by atoms with Gasteiger partial charge in [0.2, 0.25) is 5.78 Å². The Balaban J connectivity index is 1.61. The van der Waals surface area contributed by atoms with E-state index in [1.54, 1.807) is 36.5 Å². The van der Waals surface area contributed by atoms with Crippen LogP contribution in [0.4, 0.5) is 11.4 Å². The summed E-state index contributed by atoms with van der Waals surface area (Å²) in [6.07, 6.45) is 1.62. The molecule has 1 heterocycles. The molecule has 4 rings (SSSR count). The van der Waals surface area contributed by atoms with E-state index in [-0.39, 0.29) is 22.6 Å². The molecule has 3 aromatic carbocycles. The zero-order valence-corrected chi connectivity index (χ0v) is 19.3. The van der Waals surface area contributed by atoms with Crippen molar-refractivity contribution in [3.63, 3.8) is 0 Å². The van der Waals surface area contributed by atoms with Crippen LogP contribution in [0.1, 0.15) is 26.4 Å². The second-order valence-corrected chi connectivity index (χ2v) is 7.86. The average Bonchev–Trinajstić information content (AvgIpc) is 2.88. The molecular weight excluding hydrogens is 452 g/mol. The van der Waals surface area contributed by atoms with Gasteiger partial charge in [0.05, 0.1) is 24.6 Å². The smallest absolute Gasteiger partial charge is 0.338 e. The summed E-state index contributed by atoms with van der Waals surface area (Å²) in [5.74, 6) is 0.0111. The Labute approximate surface area is 202 Å². The maximum absolute atomic E-state index is 13.2. The molecular formula is C27H21ClN2O4. The van der Waals surface area contributed by atoms with Crippen molar-refractivity contribution in [3.05, 3.63) is 113 Å². The summed E-state index contributed by atoms with van der Waals surface area (Å²) in [4.78, 5) is 31.7. The van der Waals surface area contributed by atoms with E-state index in [9.17, 15) is 9.59 Å². The van der Waals surface area contributed by atoms with Crippen LogP contribution in [0.25, 0.3) is 0 Å². The van der Waals surface area contributed by atoms with Gasteiger partial charge in [-0.05, 0) is 66.7 Å². The van der Waals surface area contributed by atoms with E-state index in [0.717, 1.165) is 11.4 Å². The largest absolute Gasteiger partial charge is 0.465 e. The van der Waals surface area contributed by atoms with Crippen LogP contribution < -0.4 is 9.64 Å². The third-order valence-corrected chi connectivity index (χ3v) is 5.40. The molecule has 0 N–H and O–H groups in total. The number of methoxy groups -OCH3 is 1. The number of anilines is 2. The number of ketones is 1. The Hall–Kier alpha value is -4.16. The van der Waals surface area contributed by atoms with Gasteiger partial charge < -0.3 is 14.4 Å². The number of hydrogen-bond donors (Lipinski definition) is 0. The first kappa shape index (κ1) is 23.0. The van der Waals surface area contributed by atoms with Crippen molar-refractivity contribution in [2.45, 2.75) is 0 Å². The highest BCUT2D eigenvalue weighted by atomic mass is 35.5. The van der Waals surface area contributed by atoms with Gasteiger partial charge in [0.25, 0.3) is 0 Å². The van der Waals surface area contributed by atoms with Crippen LogP contribution in [0.2, 0.25) is 5.02 Å². The molecule has 0 spiro atoms. The van der Waals surface area contributed by atoms with Crippen LogP contribution in [-0.4, -0.2) is 30.9 Å². The molecule has 0 saturated heterocycles. The second kappa shape index (κ2) is 10.2. The lowest BCUT2D eigenvalue weighted by molar-refractivity contribution is 0.0600. The van der Waals surface area contributed by atoms with Crippen molar-refractivity contribution in [2.24, 2.45) is 0 Å². The van der Waals surface area contributed by atoms with Crippen LogP contribution in [0.3, 0.4) is 0 Å². The van der Waals surface area contributed by atoms with Crippen LogP contribution in [0.5, 0.6) is 11.5 Å². The van der Waals surface area contributed by atoms with E-state index in [4.69, 9.17) is 21.1 Å². The Bertz CT molecular complexity index is 1310. The molecule has 0 bridgehead atoms. The van der Waals surface area contributed by atoms with Gasteiger partial charge in [-0.25, -0.2) is 4.79 Å². The average molecular weight is 473 g/mol. The molecule has 6 nitrogen and oxygen atoms in total. The highest BCUT2D eigenvalue weighted by Crippen LogP contribution is 2.27. The molecule has 34 heavy (non-hydrogen) atoms. The highest BCUT2D eigenvalue weighted by Gasteiger charge is 2.17. The van der Waals surface area contributed by atoms with Gasteiger partial charge in [-0.1, -0.05) is 29.8 Å². The van der Waals surface area contributed by atoms with Crippen LogP contribution >= 0.6 is 11.6 Å². The third-order valence-electron chi connectivity index (χ3n) is 5.15. The molecule has 0 aliphatic heterocycles. The number of pyridine rings is 1. The number of nitrogens with zero attached hydrogens (tertiary/aromatic N) is 2. The fourth-order valence-electron chi connectivity index (χ4n) is 3.33. The summed E-state index contributed by atoms with van der Waals surface area (Å²) < 4.78 is 10.7. The monoisotopic (exact) mass is 472 g/mol. The van der Waals surface area contributed by atoms with Crippen molar-refractivity contribution < 1.29 is 19.1 Å². The van der Waals surface area contributed by atoms with Gasteiger partial charge in [0.1, 0.15) is 17.2 Å². The molecule has 0 aliphatic rings. The van der Waals surface area contributed by atoms with E-state index in [0.29, 0.717) is 16.5 Å². The lowest BCUT2D eigenvalue weighted by atomic mass is 10.0. The van der Waals surface area contributed by atoms with Gasteiger partial charge >= 0.3 is 5.97 Å². The maximum Gasteiger partial charge on any atom is 0.338 e. The predicted molar refractivity (Wildman–Crippen MR) is 131 cm³/mol. The second-order valence-electron chi connectivity index (χ2n) is 7.42. The number of para-hydroxylation sites is 1. The summed E-state index contributed by atoms with van der Waals surface area (Å²) in [7, 11) is 3.18. The number of carbonyl (C=O) groups excluding carboxylic acids is 2. The van der Waals surface area contributed by atoms with Crippen LogP contribution in [0.15, 0.2) is 91.1 Å². The molecule has 7 heteroatoms. The first-order valence-corrected chi connectivity index (χ1v) is 10.8. The van der Waals surface area contributed by atoms with E-state index in [1.807, 2.05) is 54.4 Å². The molecule has 0 radical (unpaired) electrons. The SMILES string of the molecule is COC(=O)c1cc(Oc2ccccc2)cc(C(=O)c2ccc(N(C)c3ccc(Cl)cc3)cn2)c1. The molecule has 0 saturated carbocycles.